The van der Waals surface area contributed by atoms with Crippen LogP contribution in [0, 0.1) is 11.6 Å². The highest BCUT2D eigenvalue weighted by Gasteiger charge is 2.34. The van der Waals surface area contributed by atoms with E-state index in [9.17, 15) is 23.2 Å². The van der Waals surface area contributed by atoms with Crippen LogP contribution in [0.4, 0.5) is 13.6 Å². The minimum Gasteiger partial charge on any atom is -0.423 e. The van der Waals surface area contributed by atoms with Crippen molar-refractivity contribution >= 4 is 18.7 Å². The van der Waals surface area contributed by atoms with E-state index in [4.69, 9.17) is 9.47 Å². The number of ether oxygens (including phenoxy) is 2. The Labute approximate surface area is 161 Å². The van der Waals surface area contributed by atoms with Crippen LogP contribution in [0.15, 0.2) is 36.4 Å². The molecule has 0 saturated carbocycles. The van der Waals surface area contributed by atoms with E-state index in [1.54, 1.807) is 0 Å². The first-order chi connectivity index (χ1) is 13.0. The fourth-order valence-electron chi connectivity index (χ4n) is 2.85. The van der Waals surface area contributed by atoms with Crippen molar-refractivity contribution in [1.82, 2.24) is 0 Å². The number of hydrogen-bond donors (Lipinski definition) is 0. The predicted octanol–water partition coefficient (Wildman–Crippen LogP) is 4.91. The van der Waals surface area contributed by atoms with Gasteiger partial charge in [-0.3, -0.25) is 9.59 Å². The fourth-order valence-corrected chi connectivity index (χ4v) is 2.85. The third kappa shape index (κ3) is 4.60. The smallest absolute Gasteiger partial charge is 0.423 e. The van der Waals surface area contributed by atoms with E-state index in [0.29, 0.717) is 12.6 Å². The number of carbonyl (C=O) groups excluding carboxylic acids is 3. The van der Waals surface area contributed by atoms with Crippen molar-refractivity contribution in [2.24, 2.45) is 0 Å². The van der Waals surface area contributed by atoms with Gasteiger partial charge in [0.05, 0.1) is 0 Å². The summed E-state index contributed by atoms with van der Waals surface area (Å²) in [6, 6.07) is 6.99. The summed E-state index contributed by atoms with van der Waals surface area (Å²) in [5, 5.41) is 0. The molecule has 2 aromatic rings. The Kier molecular flexibility index (Phi) is 5.97. The molecular formula is C21H20F2O5. The quantitative estimate of drug-likeness (QED) is 0.518. The van der Waals surface area contributed by atoms with Crippen LogP contribution < -0.4 is 0 Å². The van der Waals surface area contributed by atoms with E-state index in [1.807, 2.05) is 0 Å². The van der Waals surface area contributed by atoms with E-state index < -0.39 is 29.0 Å². The van der Waals surface area contributed by atoms with Crippen molar-refractivity contribution in [2.45, 2.75) is 38.9 Å². The van der Waals surface area contributed by atoms with Gasteiger partial charge in [-0.2, -0.15) is 0 Å². The molecule has 28 heavy (non-hydrogen) atoms. The summed E-state index contributed by atoms with van der Waals surface area (Å²) in [5.74, 6) is -1.19. The van der Waals surface area contributed by atoms with Gasteiger partial charge >= 0.3 is 6.16 Å². The molecule has 5 nitrogen and oxygen atoms in total. The molecule has 0 N–H and O–H groups in total. The van der Waals surface area contributed by atoms with E-state index in [1.165, 1.54) is 39.8 Å². The maximum Gasteiger partial charge on any atom is 0.510 e. The molecule has 2 aromatic carbocycles. The number of halogens is 2. The van der Waals surface area contributed by atoms with Crippen molar-refractivity contribution < 1.29 is 32.6 Å². The minimum atomic E-state index is -1.39. The maximum absolute atomic E-state index is 13.6. The molecule has 0 aromatic heterocycles. The lowest BCUT2D eigenvalue weighted by molar-refractivity contribution is -0.0638. The van der Waals surface area contributed by atoms with Crippen LogP contribution in [-0.4, -0.2) is 18.7 Å². The Morgan fingerprint density at radius 2 is 1.14 bits per heavy atom. The second-order valence-electron chi connectivity index (χ2n) is 7.17. The van der Waals surface area contributed by atoms with Crippen LogP contribution >= 0.6 is 0 Å². The Morgan fingerprint density at radius 3 is 1.46 bits per heavy atom. The van der Waals surface area contributed by atoms with Crippen LogP contribution in [0.1, 0.15) is 59.5 Å². The molecule has 0 bridgehead atoms. The van der Waals surface area contributed by atoms with Gasteiger partial charge in [0, 0.05) is 22.3 Å². The SMILES string of the molecule is CC(C)(OC(=O)OC(C)(C)c1cc(F)ccc1C=O)c1cc(F)ccc1C=O. The summed E-state index contributed by atoms with van der Waals surface area (Å²) >= 11 is 0. The number of benzene rings is 2. The van der Waals surface area contributed by atoms with Gasteiger partial charge in [0.2, 0.25) is 0 Å². The molecular weight excluding hydrogens is 370 g/mol. The zero-order chi connectivity index (χ0) is 21.1. The summed E-state index contributed by atoms with van der Waals surface area (Å²) < 4.78 is 37.8. The van der Waals surface area contributed by atoms with Gasteiger partial charge in [-0.1, -0.05) is 0 Å². The predicted molar refractivity (Wildman–Crippen MR) is 97.2 cm³/mol. The average molecular weight is 390 g/mol. The van der Waals surface area contributed by atoms with Crippen molar-refractivity contribution in [3.63, 3.8) is 0 Å². The molecule has 0 saturated heterocycles. The van der Waals surface area contributed by atoms with E-state index in [0.717, 1.165) is 24.3 Å². The van der Waals surface area contributed by atoms with Crippen molar-refractivity contribution in [2.75, 3.05) is 0 Å². The molecule has 7 heteroatoms. The van der Waals surface area contributed by atoms with E-state index >= 15 is 0 Å². The number of hydrogen-bond acceptors (Lipinski definition) is 5. The van der Waals surface area contributed by atoms with Crippen LogP contribution in [0.3, 0.4) is 0 Å². The van der Waals surface area contributed by atoms with E-state index in [-0.39, 0.29) is 22.3 Å². The molecule has 0 atom stereocenters. The Hall–Kier alpha value is -3.09. The molecule has 0 aliphatic rings. The number of aldehydes is 2. The third-order valence-electron chi connectivity index (χ3n) is 4.26. The summed E-state index contributed by atoms with van der Waals surface area (Å²) in [6.07, 6.45) is -0.0755. The van der Waals surface area contributed by atoms with E-state index in [2.05, 4.69) is 0 Å². The number of rotatable bonds is 6. The Morgan fingerprint density at radius 1 is 0.786 bits per heavy atom. The lowest BCUT2D eigenvalue weighted by Crippen LogP contribution is -2.33. The first kappa shape index (κ1) is 21.2. The maximum atomic E-state index is 13.6. The third-order valence-corrected chi connectivity index (χ3v) is 4.26. The van der Waals surface area contributed by atoms with Crippen molar-refractivity contribution in [1.29, 1.82) is 0 Å². The fraction of sp³-hybridized carbons (Fsp3) is 0.286. The lowest BCUT2D eigenvalue weighted by Gasteiger charge is -2.31. The normalized spacial score (nSPS) is 11.6. The molecule has 0 fully saturated rings. The van der Waals surface area contributed by atoms with Crippen LogP contribution in [0.25, 0.3) is 0 Å². The van der Waals surface area contributed by atoms with Crippen LogP contribution in [0.2, 0.25) is 0 Å². The van der Waals surface area contributed by atoms with Crippen LogP contribution in [0.5, 0.6) is 0 Å². The number of carbonyl (C=O) groups is 3. The zero-order valence-corrected chi connectivity index (χ0v) is 15.9. The second-order valence-corrected chi connectivity index (χ2v) is 7.17. The standard InChI is InChI=1S/C21H20F2O5/c1-20(2,17-9-15(22)7-5-13(17)11-24)27-19(26)28-21(3,4)18-10-16(23)8-6-14(18)12-25/h5-12H,1-4H3. The molecule has 0 spiro atoms. The topological polar surface area (TPSA) is 69.7 Å². The van der Waals surface area contributed by atoms with Gasteiger partial charge in [-0.05, 0) is 64.1 Å². The summed E-state index contributed by atoms with van der Waals surface area (Å²) in [4.78, 5) is 34.8. The average Bonchev–Trinajstić information content (AvgIpc) is 2.60. The summed E-state index contributed by atoms with van der Waals surface area (Å²) in [6.45, 7) is 5.90. The van der Waals surface area contributed by atoms with Gasteiger partial charge in [0.25, 0.3) is 0 Å². The molecule has 0 unspecified atom stereocenters. The highest BCUT2D eigenvalue weighted by atomic mass is 19.1. The zero-order valence-electron chi connectivity index (χ0n) is 15.9. The Balaban J connectivity index is 2.28. The van der Waals surface area contributed by atoms with Gasteiger partial charge < -0.3 is 9.47 Å². The lowest BCUT2D eigenvalue weighted by atomic mass is 9.93. The Bertz CT molecular complexity index is 846. The molecule has 0 radical (unpaired) electrons. The second kappa shape index (κ2) is 7.88. The first-order valence-electron chi connectivity index (χ1n) is 8.42. The van der Waals surface area contributed by atoms with Gasteiger partial charge in [0.1, 0.15) is 35.4 Å². The first-order valence-corrected chi connectivity index (χ1v) is 8.42. The molecule has 0 amide bonds. The van der Waals surface area contributed by atoms with Gasteiger partial charge in [0.15, 0.2) is 0 Å². The highest BCUT2D eigenvalue weighted by molar-refractivity contribution is 5.79. The minimum absolute atomic E-state index is 0.159. The molecule has 0 heterocycles. The molecule has 2 rings (SSSR count). The summed E-state index contributed by atoms with van der Waals surface area (Å²) in [7, 11) is 0. The summed E-state index contributed by atoms with van der Waals surface area (Å²) in [5.41, 5.74) is -2.13. The largest absolute Gasteiger partial charge is 0.510 e. The molecule has 0 aliphatic heterocycles. The molecule has 148 valence electrons. The highest BCUT2D eigenvalue weighted by Crippen LogP contribution is 2.32. The van der Waals surface area contributed by atoms with Crippen molar-refractivity contribution in [3.8, 4) is 0 Å². The van der Waals surface area contributed by atoms with Gasteiger partial charge in [-0.25, -0.2) is 13.6 Å². The van der Waals surface area contributed by atoms with Gasteiger partial charge in [-0.15, -0.1) is 0 Å². The molecule has 0 aliphatic carbocycles. The van der Waals surface area contributed by atoms with Crippen LogP contribution in [-0.2, 0) is 20.7 Å². The monoisotopic (exact) mass is 390 g/mol. The van der Waals surface area contributed by atoms with Crippen molar-refractivity contribution in [3.05, 3.63) is 70.3 Å².